The number of aromatic nitrogens is 4. The van der Waals surface area contributed by atoms with Crippen molar-refractivity contribution in [3.63, 3.8) is 0 Å². The lowest BCUT2D eigenvalue weighted by molar-refractivity contribution is -0.139. The van der Waals surface area contributed by atoms with E-state index in [9.17, 15) is 13.2 Å². The zero-order chi connectivity index (χ0) is 57.3. The number of unbranched alkanes of at least 4 members (excludes halogenated alkanes) is 2. The summed E-state index contributed by atoms with van der Waals surface area (Å²) in [4.78, 5) is 17.3. The zero-order valence-corrected chi connectivity index (χ0v) is 47.9. The third-order valence-electron chi connectivity index (χ3n) is 13.6. The van der Waals surface area contributed by atoms with Crippen molar-refractivity contribution in [3.05, 3.63) is 126 Å². The van der Waals surface area contributed by atoms with Gasteiger partial charge in [0.15, 0.2) is 0 Å². The van der Waals surface area contributed by atoms with Gasteiger partial charge in [0.25, 0.3) is 0 Å². The van der Waals surface area contributed by atoms with Crippen LogP contribution in [0, 0.1) is 0 Å². The summed E-state index contributed by atoms with van der Waals surface area (Å²) in [6.07, 6.45) is 7.65. The van der Waals surface area contributed by atoms with E-state index in [1.54, 1.807) is 36.8 Å². The molecule has 0 bridgehead atoms. The molecule has 8 N–H and O–H groups in total. The minimum atomic E-state index is -4.39. The van der Waals surface area contributed by atoms with Crippen LogP contribution in [0.2, 0.25) is 5.02 Å². The van der Waals surface area contributed by atoms with Gasteiger partial charge in [-0.25, -0.2) is 20.8 Å². The van der Waals surface area contributed by atoms with Crippen molar-refractivity contribution in [2.75, 3.05) is 109 Å². The highest BCUT2D eigenvalue weighted by atomic mass is 35.5. The Hall–Kier alpha value is -6.45. The number of nitrogens with two attached hydrogens (primary N) is 3. The van der Waals surface area contributed by atoms with E-state index >= 15 is 0 Å². The number of fused-ring (bicyclic) bond motifs is 3. The minimum absolute atomic E-state index is 0.157. The summed E-state index contributed by atoms with van der Waals surface area (Å²) in [6, 6.07) is 26.3. The summed E-state index contributed by atoms with van der Waals surface area (Å²) in [5.41, 5.74) is 19.9. The highest BCUT2D eigenvalue weighted by Gasteiger charge is 2.31. The number of rotatable bonds is 28. The number of hydrazine groups is 1. The number of nitrogens with one attached hydrogen (secondary N) is 2. The number of pyridine rings is 1. The fourth-order valence-corrected chi connectivity index (χ4v) is 9.56. The Morgan fingerprint density at radius 1 is 0.812 bits per heavy atom. The molecule has 0 saturated carbocycles. The quantitative estimate of drug-likeness (QED) is 0.0135. The number of halogens is 4. The van der Waals surface area contributed by atoms with Crippen molar-refractivity contribution in [2.24, 2.45) is 11.6 Å². The zero-order valence-electron chi connectivity index (χ0n) is 47.1. The number of nitrogen functional groups attached to an aromatic ring is 1. The second kappa shape index (κ2) is 32.7. The van der Waals surface area contributed by atoms with Crippen LogP contribution in [0.4, 0.5) is 30.2 Å². The van der Waals surface area contributed by atoms with Crippen molar-refractivity contribution in [2.45, 2.75) is 85.1 Å². The molecule has 8 rings (SSSR count). The minimum Gasteiger partial charge on any atom is -0.497 e. The van der Waals surface area contributed by atoms with Crippen molar-refractivity contribution in [3.8, 4) is 17.0 Å². The van der Waals surface area contributed by atoms with Gasteiger partial charge in [0, 0.05) is 83.2 Å². The van der Waals surface area contributed by atoms with Gasteiger partial charge in [0.1, 0.15) is 18.6 Å². The SMILES string of the molecule is CC.CCCCCN(CC)CCOCCOCCOCCN(N)/C=C(\N)CN1CCC(Nc2cccc3c2cc(-c2ccc(CNc4cncnc4)cc2)n3CC(F)(F)F)CC1.COc1ccc2nc3cc(Cl)ccc3c(N)c2c1. The van der Waals surface area contributed by atoms with E-state index in [0.29, 0.717) is 85.8 Å². The molecule has 4 aromatic carbocycles. The first-order valence-corrected chi connectivity index (χ1v) is 28.2. The number of alkyl halides is 3. The first-order valence-electron chi connectivity index (χ1n) is 27.8. The van der Waals surface area contributed by atoms with Crippen LogP contribution in [0.5, 0.6) is 5.75 Å². The van der Waals surface area contributed by atoms with Gasteiger partial charge < -0.3 is 55.5 Å². The van der Waals surface area contributed by atoms with Crippen LogP contribution in [-0.2, 0) is 27.3 Å². The molecule has 1 aliphatic heterocycles. The molecule has 0 aliphatic carbocycles. The number of anilines is 3. The third kappa shape index (κ3) is 19.7. The van der Waals surface area contributed by atoms with E-state index in [4.69, 9.17) is 47.9 Å². The average Bonchev–Trinajstić information content (AvgIpc) is 3.97. The molecule has 80 heavy (non-hydrogen) atoms. The van der Waals surface area contributed by atoms with E-state index in [2.05, 4.69) is 49.2 Å². The number of piperidine rings is 1. The van der Waals surface area contributed by atoms with E-state index < -0.39 is 12.7 Å². The average molecular weight is 1130 g/mol. The van der Waals surface area contributed by atoms with Gasteiger partial charge in [-0.2, -0.15) is 13.2 Å². The molecule has 3 aromatic heterocycles. The van der Waals surface area contributed by atoms with Gasteiger partial charge >= 0.3 is 6.18 Å². The van der Waals surface area contributed by atoms with E-state index in [1.165, 1.54) is 30.2 Å². The Bertz CT molecular complexity index is 2960. The third-order valence-corrected chi connectivity index (χ3v) is 13.8. The van der Waals surface area contributed by atoms with E-state index in [0.717, 1.165) is 102 Å². The Labute approximate surface area is 474 Å². The predicted octanol–water partition coefficient (Wildman–Crippen LogP) is 11.3. The summed E-state index contributed by atoms with van der Waals surface area (Å²) < 4.78 is 65.4. The molecule has 1 aliphatic rings. The molecule has 0 amide bonds. The number of likely N-dealkylation sites (tertiary alicyclic amines) is 1. The molecule has 16 nitrogen and oxygen atoms in total. The Balaban J connectivity index is 0.000000429. The number of methoxy groups -OCH3 is 1. The number of nitrogens with zero attached hydrogens (tertiary/aromatic N) is 7. The maximum atomic E-state index is 13.9. The molecule has 0 unspecified atom stereocenters. The van der Waals surface area contributed by atoms with Crippen LogP contribution in [0.1, 0.15) is 65.4 Å². The number of benzene rings is 4. The molecule has 1 saturated heterocycles. The summed E-state index contributed by atoms with van der Waals surface area (Å²) in [5, 5.41) is 11.7. The van der Waals surface area contributed by atoms with Crippen LogP contribution in [-0.4, -0.2) is 139 Å². The van der Waals surface area contributed by atoms with Gasteiger partial charge in [0.2, 0.25) is 0 Å². The van der Waals surface area contributed by atoms with E-state index in [1.807, 2.05) is 92.7 Å². The highest BCUT2D eigenvalue weighted by Crippen LogP contribution is 2.36. The van der Waals surface area contributed by atoms with Gasteiger partial charge in [-0.1, -0.05) is 82.5 Å². The second-order valence-electron chi connectivity index (χ2n) is 19.3. The normalized spacial score (nSPS) is 13.3. The number of likely N-dealkylation sites (N-methyl/N-ethyl adjacent to an activating group) is 1. The molecular formula is C60H82ClF3N12O4. The molecule has 1 fully saturated rings. The van der Waals surface area contributed by atoms with Crippen LogP contribution in [0.25, 0.3) is 44.0 Å². The van der Waals surface area contributed by atoms with Crippen LogP contribution in [0.15, 0.2) is 116 Å². The molecule has 0 atom stereocenters. The molecule has 20 heteroatoms. The fraction of sp³-hybridized carbons (Fsp3) is 0.450. The van der Waals surface area contributed by atoms with Crippen LogP contribution < -0.4 is 32.7 Å². The summed E-state index contributed by atoms with van der Waals surface area (Å²) in [5.74, 6) is 6.94. The molecule has 0 spiro atoms. The summed E-state index contributed by atoms with van der Waals surface area (Å²) in [7, 11) is 1.63. The predicted molar refractivity (Wildman–Crippen MR) is 320 cm³/mol. The second-order valence-corrected chi connectivity index (χ2v) is 19.8. The van der Waals surface area contributed by atoms with Crippen LogP contribution in [0.3, 0.4) is 0 Å². The molecular weight excluding hydrogens is 1050 g/mol. The lowest BCUT2D eigenvalue weighted by Gasteiger charge is -2.33. The van der Waals surface area contributed by atoms with Gasteiger partial charge in [0.05, 0.1) is 93.6 Å². The van der Waals surface area contributed by atoms with Gasteiger partial charge in [-0.3, -0.25) is 4.90 Å². The number of hydrogen-bond acceptors (Lipinski definition) is 15. The molecule has 434 valence electrons. The molecule has 7 aromatic rings. The smallest absolute Gasteiger partial charge is 0.406 e. The first-order chi connectivity index (χ1) is 38.8. The topological polar surface area (TPSA) is 192 Å². The number of hydrogen-bond donors (Lipinski definition) is 5. The molecule has 4 heterocycles. The highest BCUT2D eigenvalue weighted by molar-refractivity contribution is 6.31. The van der Waals surface area contributed by atoms with Crippen molar-refractivity contribution >= 4 is 61.4 Å². The van der Waals surface area contributed by atoms with Gasteiger partial charge in [-0.05, 0) is 98.1 Å². The Morgan fingerprint density at radius 3 is 2.19 bits per heavy atom. The van der Waals surface area contributed by atoms with E-state index in [-0.39, 0.29) is 6.04 Å². The first kappa shape index (κ1) is 62.7. The van der Waals surface area contributed by atoms with Crippen molar-refractivity contribution in [1.29, 1.82) is 0 Å². The summed E-state index contributed by atoms with van der Waals surface area (Å²) >= 11 is 5.97. The molecule has 0 radical (unpaired) electrons. The Kier molecular flexibility index (Phi) is 25.7. The standard InChI is InChI=1S/C44H65F3N10O3.C14H11ClN2O.C2H6/c1-3-5-6-16-54(4-2)19-21-58-23-25-60-26-24-59-22-20-56(49)32-37(48)31-55-17-14-38(15-18-55)53-41-8-7-9-42-40(41)27-43(57(42)33-44(45,46)47)36-12-10-35(11-13-36)28-52-39-29-50-34-51-30-39;1-18-9-3-5-12-11(7-9)14(16)10-4-2-8(15)6-13(10)17-12;1-2/h7-13,27,29-30,32,34,38,52-53H,3-6,14-26,28,31,33,48-49H2,1-2H3;2-7H,1H3,(H2,16,17);1-2H3/b37-32-;;. The monoisotopic (exact) mass is 1130 g/mol. The lowest BCUT2D eigenvalue weighted by Crippen LogP contribution is -2.41. The van der Waals surface area contributed by atoms with Crippen LogP contribution >= 0.6 is 11.6 Å². The maximum absolute atomic E-state index is 13.9. The Morgan fingerprint density at radius 2 is 1.51 bits per heavy atom. The fourth-order valence-electron chi connectivity index (χ4n) is 9.39. The van der Waals surface area contributed by atoms with Gasteiger partial charge in [-0.15, -0.1) is 0 Å². The van der Waals surface area contributed by atoms with Crippen molar-refractivity contribution < 1.29 is 32.1 Å². The van der Waals surface area contributed by atoms with Crippen molar-refractivity contribution in [1.82, 2.24) is 34.3 Å². The lowest BCUT2D eigenvalue weighted by atomic mass is 10.0. The number of ether oxygens (including phenoxy) is 4. The summed E-state index contributed by atoms with van der Waals surface area (Å²) in [6.45, 7) is 17.0. The maximum Gasteiger partial charge on any atom is 0.406 e. The largest absolute Gasteiger partial charge is 0.497 e.